The number of carbonyl (C=O) groups is 1. The molecule has 0 aromatic rings. The second-order valence-electron chi connectivity index (χ2n) is 4.04. The predicted octanol–water partition coefficient (Wildman–Crippen LogP) is 2.41. The fourth-order valence-corrected chi connectivity index (χ4v) is 0.857. The van der Waals surface area contributed by atoms with Crippen molar-refractivity contribution in [2.24, 2.45) is 5.41 Å². The Hall–Kier alpha value is -0.790. The van der Waals surface area contributed by atoms with Gasteiger partial charge in [0.15, 0.2) is 0 Å². The van der Waals surface area contributed by atoms with Crippen LogP contribution in [-0.2, 0) is 4.79 Å². The minimum Gasteiger partial charge on any atom is -0.319 e. The van der Waals surface area contributed by atoms with Crippen LogP contribution in [-0.4, -0.2) is 17.9 Å². The number of hydrogen-bond acceptors (Lipinski definition) is 1. The van der Waals surface area contributed by atoms with Gasteiger partial charge in [-0.2, -0.15) is 0 Å². The molecule has 0 saturated heterocycles. The lowest BCUT2D eigenvalue weighted by atomic mass is 9.95. The first-order chi connectivity index (χ1) is 5.30. The second-order valence-corrected chi connectivity index (χ2v) is 4.04. The Labute approximate surface area is 75.3 Å². The number of nitrogens with zero attached hydrogens (tertiary/aromatic N) is 1. The largest absolute Gasteiger partial charge is 0.319 e. The lowest BCUT2D eigenvalue weighted by molar-refractivity contribution is -0.136. The molecule has 0 spiro atoms. The molecular weight excluding hydrogens is 150 g/mol. The van der Waals surface area contributed by atoms with Gasteiger partial charge in [-0.3, -0.25) is 4.79 Å². The average molecular weight is 169 g/mol. The zero-order chi connectivity index (χ0) is 9.94. The average Bonchev–Trinajstić information content (AvgIpc) is 1.98. The maximum absolute atomic E-state index is 11.6. The zero-order valence-corrected chi connectivity index (χ0v) is 8.93. The lowest BCUT2D eigenvalue weighted by Crippen LogP contribution is -2.35. The monoisotopic (exact) mass is 169 g/mol. The Morgan fingerprint density at radius 1 is 1.33 bits per heavy atom. The molecule has 2 heteroatoms. The molecule has 0 fully saturated rings. The molecule has 0 N–H and O–H groups in total. The van der Waals surface area contributed by atoms with Gasteiger partial charge in [0.1, 0.15) is 0 Å². The summed E-state index contributed by atoms with van der Waals surface area (Å²) >= 11 is 0. The fraction of sp³-hybridized carbons (Fsp3) is 0.700. The highest BCUT2D eigenvalue weighted by molar-refractivity contribution is 5.82. The van der Waals surface area contributed by atoms with Gasteiger partial charge in [0.2, 0.25) is 5.91 Å². The van der Waals surface area contributed by atoms with Crippen LogP contribution in [0.3, 0.4) is 0 Å². The van der Waals surface area contributed by atoms with Crippen molar-refractivity contribution in [3.8, 4) is 0 Å². The van der Waals surface area contributed by atoms with E-state index in [0.29, 0.717) is 0 Å². The lowest BCUT2D eigenvalue weighted by Gasteiger charge is -2.26. The summed E-state index contributed by atoms with van der Waals surface area (Å²) in [6, 6.07) is 0. The first-order valence-corrected chi connectivity index (χ1v) is 4.21. The highest BCUT2D eigenvalue weighted by Crippen LogP contribution is 2.18. The quantitative estimate of drug-likeness (QED) is 0.590. The summed E-state index contributed by atoms with van der Waals surface area (Å²) in [5, 5.41) is 0. The molecule has 0 heterocycles. The Bertz CT molecular complexity index is 198. The molecule has 2 nitrogen and oxygen atoms in total. The van der Waals surface area contributed by atoms with Gasteiger partial charge in [0.25, 0.3) is 0 Å². The molecule has 70 valence electrons. The zero-order valence-electron chi connectivity index (χ0n) is 8.93. The minimum absolute atomic E-state index is 0.151. The molecule has 0 radical (unpaired) electrons. The third-order valence-electron chi connectivity index (χ3n) is 1.89. The summed E-state index contributed by atoms with van der Waals surface area (Å²) in [5.74, 6) is 0.151. The van der Waals surface area contributed by atoms with Crippen LogP contribution in [0.1, 0.15) is 34.6 Å². The van der Waals surface area contributed by atoms with Crippen LogP contribution in [0.5, 0.6) is 0 Å². The molecule has 0 unspecified atom stereocenters. The summed E-state index contributed by atoms with van der Waals surface area (Å²) in [6.07, 6.45) is 1.93. The summed E-state index contributed by atoms with van der Waals surface area (Å²) in [4.78, 5) is 13.3. The van der Waals surface area contributed by atoms with Crippen molar-refractivity contribution in [1.29, 1.82) is 0 Å². The van der Waals surface area contributed by atoms with Crippen molar-refractivity contribution < 1.29 is 4.79 Å². The third kappa shape index (κ3) is 2.68. The van der Waals surface area contributed by atoms with E-state index >= 15 is 0 Å². The topological polar surface area (TPSA) is 20.3 Å². The van der Waals surface area contributed by atoms with Gasteiger partial charge >= 0.3 is 0 Å². The third-order valence-corrected chi connectivity index (χ3v) is 1.89. The standard InChI is InChI=1S/C10H19NO/c1-7-8(2)11(6)9(12)10(3,4)5/h7H,1-6H3/b8-7+. The van der Waals surface area contributed by atoms with E-state index in [-0.39, 0.29) is 11.3 Å². The number of rotatable bonds is 1. The molecule has 0 atom stereocenters. The molecular formula is C10H19NO. The highest BCUT2D eigenvalue weighted by atomic mass is 16.2. The van der Waals surface area contributed by atoms with Gasteiger partial charge in [0, 0.05) is 18.2 Å². The van der Waals surface area contributed by atoms with Gasteiger partial charge in [-0.25, -0.2) is 0 Å². The summed E-state index contributed by atoms with van der Waals surface area (Å²) < 4.78 is 0. The van der Waals surface area contributed by atoms with Crippen molar-refractivity contribution in [3.63, 3.8) is 0 Å². The molecule has 0 rings (SSSR count). The number of amides is 1. The van der Waals surface area contributed by atoms with E-state index in [1.165, 1.54) is 0 Å². The maximum atomic E-state index is 11.6. The van der Waals surface area contributed by atoms with E-state index in [0.717, 1.165) is 5.70 Å². The number of carbonyl (C=O) groups excluding carboxylic acids is 1. The van der Waals surface area contributed by atoms with Gasteiger partial charge in [-0.15, -0.1) is 0 Å². The number of hydrogen-bond donors (Lipinski definition) is 0. The molecule has 0 aliphatic carbocycles. The van der Waals surface area contributed by atoms with Crippen molar-refractivity contribution >= 4 is 5.91 Å². The Kier molecular flexibility index (Phi) is 3.50. The van der Waals surface area contributed by atoms with Gasteiger partial charge in [-0.1, -0.05) is 26.8 Å². The van der Waals surface area contributed by atoms with E-state index in [4.69, 9.17) is 0 Å². The van der Waals surface area contributed by atoms with Crippen LogP contribution < -0.4 is 0 Å². The van der Waals surface area contributed by atoms with Gasteiger partial charge in [0.05, 0.1) is 0 Å². The summed E-state index contributed by atoms with van der Waals surface area (Å²) in [7, 11) is 1.81. The van der Waals surface area contributed by atoms with Crippen molar-refractivity contribution in [3.05, 3.63) is 11.8 Å². The van der Waals surface area contributed by atoms with Crippen LogP contribution in [0, 0.1) is 5.41 Å². The van der Waals surface area contributed by atoms with E-state index in [1.807, 2.05) is 47.7 Å². The van der Waals surface area contributed by atoms with Crippen molar-refractivity contribution in [1.82, 2.24) is 4.90 Å². The molecule has 1 amide bonds. The Morgan fingerprint density at radius 3 is 2.00 bits per heavy atom. The Balaban J connectivity index is 4.52. The predicted molar refractivity (Wildman–Crippen MR) is 51.7 cm³/mol. The van der Waals surface area contributed by atoms with Crippen molar-refractivity contribution in [2.75, 3.05) is 7.05 Å². The van der Waals surface area contributed by atoms with Crippen LogP contribution >= 0.6 is 0 Å². The van der Waals surface area contributed by atoms with Gasteiger partial charge in [-0.05, 0) is 13.8 Å². The fourth-order valence-electron chi connectivity index (χ4n) is 0.857. The molecule has 0 aliphatic rings. The normalized spacial score (nSPS) is 13.0. The van der Waals surface area contributed by atoms with Crippen LogP contribution in [0.25, 0.3) is 0 Å². The van der Waals surface area contributed by atoms with Crippen LogP contribution in [0.2, 0.25) is 0 Å². The molecule has 0 saturated carbocycles. The first kappa shape index (κ1) is 11.2. The van der Waals surface area contributed by atoms with E-state index < -0.39 is 0 Å². The molecule has 12 heavy (non-hydrogen) atoms. The van der Waals surface area contributed by atoms with Crippen LogP contribution in [0.15, 0.2) is 11.8 Å². The Morgan fingerprint density at radius 2 is 1.75 bits per heavy atom. The smallest absolute Gasteiger partial charge is 0.231 e. The highest BCUT2D eigenvalue weighted by Gasteiger charge is 2.25. The maximum Gasteiger partial charge on any atom is 0.231 e. The van der Waals surface area contributed by atoms with Gasteiger partial charge < -0.3 is 4.90 Å². The van der Waals surface area contributed by atoms with E-state index in [1.54, 1.807) is 4.90 Å². The van der Waals surface area contributed by atoms with E-state index in [2.05, 4.69) is 0 Å². The molecule has 0 aromatic heterocycles. The summed E-state index contributed by atoms with van der Waals surface area (Å²) in [5.41, 5.74) is 0.703. The molecule has 0 aromatic carbocycles. The SMILES string of the molecule is C/C=C(\C)N(C)C(=O)C(C)(C)C. The second kappa shape index (κ2) is 3.74. The number of allylic oxidation sites excluding steroid dienone is 2. The van der Waals surface area contributed by atoms with Crippen LogP contribution in [0.4, 0.5) is 0 Å². The molecule has 0 bridgehead atoms. The molecule has 0 aliphatic heterocycles. The van der Waals surface area contributed by atoms with E-state index in [9.17, 15) is 4.79 Å². The first-order valence-electron chi connectivity index (χ1n) is 4.21. The minimum atomic E-state index is -0.293. The summed E-state index contributed by atoms with van der Waals surface area (Å²) in [6.45, 7) is 9.64. The van der Waals surface area contributed by atoms with Crippen molar-refractivity contribution in [2.45, 2.75) is 34.6 Å².